The van der Waals surface area contributed by atoms with Crippen molar-refractivity contribution in [3.8, 4) is 17.2 Å². The van der Waals surface area contributed by atoms with E-state index in [0.29, 0.717) is 23.8 Å². The Hall–Kier alpha value is -1.47. The van der Waals surface area contributed by atoms with Crippen molar-refractivity contribution in [2.45, 2.75) is 32.4 Å². The van der Waals surface area contributed by atoms with Crippen molar-refractivity contribution in [3.63, 3.8) is 0 Å². The van der Waals surface area contributed by atoms with Gasteiger partial charge in [0.2, 0.25) is 15.8 Å². The normalized spacial score (nSPS) is 15.0. The molecule has 2 rings (SSSR count). The van der Waals surface area contributed by atoms with Gasteiger partial charge in [-0.2, -0.15) is 4.31 Å². The van der Waals surface area contributed by atoms with Gasteiger partial charge in [0.05, 0.1) is 27.1 Å². The van der Waals surface area contributed by atoms with Gasteiger partial charge in [0, 0.05) is 12.6 Å². The zero-order valence-corrected chi connectivity index (χ0v) is 14.3. The molecule has 0 saturated heterocycles. The Labute approximate surface area is 132 Å². The lowest BCUT2D eigenvalue weighted by atomic mass is 10.1. The van der Waals surface area contributed by atoms with Crippen LogP contribution in [-0.2, 0) is 16.6 Å². The predicted octanol–water partition coefficient (Wildman–Crippen LogP) is 2.03. The first kappa shape index (κ1) is 16.9. The maximum Gasteiger partial charge on any atom is 0.214 e. The maximum atomic E-state index is 12.3. The SMILES string of the molecule is CCS(=O)(=O)N(Cc1cc(OC)c(OC)c(OC)c1)C1CC1. The first-order valence-corrected chi connectivity index (χ1v) is 8.86. The van der Waals surface area contributed by atoms with Crippen molar-refractivity contribution in [3.05, 3.63) is 17.7 Å². The molecular weight excluding hydrogens is 306 g/mol. The van der Waals surface area contributed by atoms with Crippen LogP contribution in [0.25, 0.3) is 0 Å². The van der Waals surface area contributed by atoms with Gasteiger partial charge in [0.15, 0.2) is 11.5 Å². The van der Waals surface area contributed by atoms with Crippen LogP contribution in [0.3, 0.4) is 0 Å². The molecule has 0 unspecified atom stereocenters. The van der Waals surface area contributed by atoms with Crippen LogP contribution in [0, 0.1) is 0 Å². The summed E-state index contributed by atoms with van der Waals surface area (Å²) in [5.41, 5.74) is 0.818. The van der Waals surface area contributed by atoms with Crippen LogP contribution in [0.4, 0.5) is 0 Å². The van der Waals surface area contributed by atoms with E-state index in [1.807, 2.05) is 0 Å². The molecular formula is C15H23NO5S. The molecule has 1 fully saturated rings. The van der Waals surface area contributed by atoms with Crippen molar-refractivity contribution >= 4 is 10.0 Å². The van der Waals surface area contributed by atoms with Gasteiger partial charge in [-0.25, -0.2) is 8.42 Å². The van der Waals surface area contributed by atoms with E-state index in [-0.39, 0.29) is 11.8 Å². The van der Waals surface area contributed by atoms with Gasteiger partial charge in [0.25, 0.3) is 0 Å². The first-order valence-electron chi connectivity index (χ1n) is 7.25. The number of ether oxygens (including phenoxy) is 3. The molecule has 1 aromatic carbocycles. The molecule has 0 N–H and O–H groups in total. The Kier molecular flexibility index (Phi) is 5.18. The molecule has 1 aromatic rings. The van der Waals surface area contributed by atoms with E-state index in [9.17, 15) is 8.42 Å². The number of sulfonamides is 1. The smallest absolute Gasteiger partial charge is 0.214 e. The minimum Gasteiger partial charge on any atom is -0.493 e. The average Bonchev–Trinajstić information content (AvgIpc) is 3.35. The highest BCUT2D eigenvalue weighted by Crippen LogP contribution is 2.39. The zero-order chi connectivity index (χ0) is 16.3. The Bertz CT molecular complexity index is 600. The van der Waals surface area contributed by atoms with E-state index in [1.54, 1.807) is 37.6 Å². The van der Waals surface area contributed by atoms with Crippen LogP contribution < -0.4 is 14.2 Å². The molecule has 6 nitrogen and oxygen atoms in total. The van der Waals surface area contributed by atoms with Crippen molar-refractivity contribution in [1.29, 1.82) is 0 Å². The third-order valence-corrected chi connectivity index (χ3v) is 5.61. The number of rotatable bonds is 8. The quantitative estimate of drug-likeness (QED) is 0.730. The van der Waals surface area contributed by atoms with Crippen LogP contribution in [0.5, 0.6) is 17.2 Å². The molecule has 1 saturated carbocycles. The summed E-state index contributed by atoms with van der Waals surface area (Å²) in [6.45, 7) is 1.98. The fourth-order valence-electron chi connectivity index (χ4n) is 2.39. The summed E-state index contributed by atoms with van der Waals surface area (Å²) in [5, 5.41) is 0. The molecule has 0 atom stereocenters. The highest BCUT2D eigenvalue weighted by molar-refractivity contribution is 7.89. The Morgan fingerprint density at radius 1 is 1.09 bits per heavy atom. The van der Waals surface area contributed by atoms with Crippen LogP contribution in [0.1, 0.15) is 25.3 Å². The third kappa shape index (κ3) is 3.47. The number of hydrogen-bond acceptors (Lipinski definition) is 5. The number of methoxy groups -OCH3 is 3. The number of nitrogens with zero attached hydrogens (tertiary/aromatic N) is 1. The summed E-state index contributed by atoms with van der Waals surface area (Å²) in [7, 11) is 1.40. The van der Waals surface area contributed by atoms with Gasteiger partial charge in [0.1, 0.15) is 0 Å². The Morgan fingerprint density at radius 2 is 1.64 bits per heavy atom. The molecule has 0 aliphatic heterocycles. The van der Waals surface area contributed by atoms with E-state index < -0.39 is 10.0 Å². The molecule has 0 amide bonds. The number of benzene rings is 1. The number of hydrogen-bond donors (Lipinski definition) is 0. The second kappa shape index (κ2) is 6.75. The molecule has 124 valence electrons. The van der Waals surface area contributed by atoms with Gasteiger partial charge in [-0.05, 0) is 37.5 Å². The molecule has 1 aliphatic carbocycles. The maximum absolute atomic E-state index is 12.3. The second-order valence-electron chi connectivity index (χ2n) is 5.21. The molecule has 0 spiro atoms. The topological polar surface area (TPSA) is 65.1 Å². The fraction of sp³-hybridized carbons (Fsp3) is 0.600. The fourth-order valence-corrected chi connectivity index (χ4v) is 3.73. The summed E-state index contributed by atoms with van der Waals surface area (Å²) in [6, 6.07) is 3.70. The minimum atomic E-state index is -3.23. The molecule has 1 aliphatic rings. The van der Waals surface area contributed by atoms with Gasteiger partial charge in [-0.3, -0.25) is 0 Å². The van der Waals surface area contributed by atoms with Gasteiger partial charge in [-0.1, -0.05) is 0 Å². The van der Waals surface area contributed by atoms with Gasteiger partial charge < -0.3 is 14.2 Å². The molecule has 0 radical (unpaired) electrons. The largest absolute Gasteiger partial charge is 0.493 e. The summed E-state index contributed by atoms with van der Waals surface area (Å²) in [6.07, 6.45) is 1.84. The highest BCUT2D eigenvalue weighted by Gasteiger charge is 2.36. The summed E-state index contributed by atoms with van der Waals surface area (Å²) >= 11 is 0. The predicted molar refractivity (Wildman–Crippen MR) is 84.1 cm³/mol. The van der Waals surface area contributed by atoms with E-state index >= 15 is 0 Å². The zero-order valence-electron chi connectivity index (χ0n) is 13.5. The van der Waals surface area contributed by atoms with E-state index in [1.165, 1.54) is 7.11 Å². The second-order valence-corrected chi connectivity index (χ2v) is 7.42. The molecule has 0 heterocycles. The Morgan fingerprint density at radius 3 is 2.00 bits per heavy atom. The van der Waals surface area contributed by atoms with E-state index in [4.69, 9.17) is 14.2 Å². The molecule has 7 heteroatoms. The average molecular weight is 329 g/mol. The lowest BCUT2D eigenvalue weighted by Crippen LogP contribution is -2.33. The molecule has 0 bridgehead atoms. The monoisotopic (exact) mass is 329 g/mol. The third-order valence-electron chi connectivity index (χ3n) is 3.74. The van der Waals surface area contributed by atoms with Gasteiger partial charge >= 0.3 is 0 Å². The summed E-state index contributed by atoms with van der Waals surface area (Å²) in [5.74, 6) is 1.67. The van der Waals surface area contributed by atoms with Crippen molar-refractivity contribution in [2.75, 3.05) is 27.1 Å². The van der Waals surface area contributed by atoms with Crippen molar-refractivity contribution in [1.82, 2.24) is 4.31 Å². The molecule has 22 heavy (non-hydrogen) atoms. The van der Waals surface area contributed by atoms with Gasteiger partial charge in [-0.15, -0.1) is 0 Å². The van der Waals surface area contributed by atoms with Crippen LogP contribution in [0.15, 0.2) is 12.1 Å². The minimum absolute atomic E-state index is 0.105. The van der Waals surface area contributed by atoms with Crippen molar-refractivity contribution in [2.24, 2.45) is 0 Å². The summed E-state index contributed by atoms with van der Waals surface area (Å²) in [4.78, 5) is 0. The van der Waals surface area contributed by atoms with E-state index in [2.05, 4.69) is 0 Å². The van der Waals surface area contributed by atoms with Crippen molar-refractivity contribution < 1.29 is 22.6 Å². The Balaban J connectivity index is 2.35. The van der Waals surface area contributed by atoms with Crippen LogP contribution in [0.2, 0.25) is 0 Å². The van der Waals surface area contributed by atoms with Crippen LogP contribution in [-0.4, -0.2) is 45.8 Å². The summed E-state index contributed by atoms with van der Waals surface area (Å²) < 4.78 is 42.0. The van der Waals surface area contributed by atoms with Crippen LogP contribution >= 0.6 is 0 Å². The lowest BCUT2D eigenvalue weighted by Gasteiger charge is -2.22. The standard InChI is InChI=1S/C15H23NO5S/c1-5-22(17,18)16(12-6-7-12)10-11-8-13(19-2)15(21-4)14(9-11)20-3/h8-9,12H,5-7,10H2,1-4H3. The van der Waals surface area contributed by atoms with E-state index in [0.717, 1.165) is 18.4 Å². The first-order chi connectivity index (χ1) is 10.5. The lowest BCUT2D eigenvalue weighted by molar-refractivity contribution is 0.322. The molecule has 0 aromatic heterocycles. The highest BCUT2D eigenvalue weighted by atomic mass is 32.2.